The lowest BCUT2D eigenvalue weighted by molar-refractivity contribution is 0.00578. The molecular formula is C18H30BO5P. The third kappa shape index (κ3) is 4.96. The quantitative estimate of drug-likeness (QED) is 0.516. The molecule has 140 valence electrons. The third-order valence-electron chi connectivity index (χ3n) is 4.80. The van der Waals surface area contributed by atoms with Gasteiger partial charge in [0.15, 0.2) is 0 Å². The Morgan fingerprint density at radius 1 is 1.04 bits per heavy atom. The van der Waals surface area contributed by atoms with E-state index in [0.29, 0.717) is 25.8 Å². The number of benzene rings is 1. The molecule has 0 atom stereocenters. The van der Waals surface area contributed by atoms with Crippen LogP contribution in [0.4, 0.5) is 0 Å². The minimum Gasteiger partial charge on any atom is -0.399 e. The Morgan fingerprint density at radius 3 is 2.12 bits per heavy atom. The number of aryl methyl sites for hydroxylation is 1. The standard InChI is InChI=1S/C18H30BO5P/c1-7-21-25(20,22-8-2)13-12-15-10-9-11-16(14-15)19-23-17(3,4)18(5,6)24-19/h9-11,14H,7-8,12-13H2,1-6H3. The molecule has 5 nitrogen and oxygen atoms in total. The van der Waals surface area contributed by atoms with E-state index in [4.69, 9.17) is 18.4 Å². The highest BCUT2D eigenvalue weighted by Gasteiger charge is 2.51. The summed E-state index contributed by atoms with van der Waals surface area (Å²) < 4.78 is 35.5. The summed E-state index contributed by atoms with van der Waals surface area (Å²) in [5.41, 5.74) is 1.30. The second-order valence-electron chi connectivity index (χ2n) is 7.25. The Bertz CT molecular complexity index is 606. The highest BCUT2D eigenvalue weighted by atomic mass is 31.2. The first kappa shape index (κ1) is 20.7. The van der Waals surface area contributed by atoms with Crippen LogP contribution in [0.3, 0.4) is 0 Å². The predicted molar refractivity (Wildman–Crippen MR) is 102 cm³/mol. The highest BCUT2D eigenvalue weighted by Crippen LogP contribution is 2.48. The summed E-state index contributed by atoms with van der Waals surface area (Å²) in [5.74, 6) is 0. The molecule has 0 N–H and O–H groups in total. The molecule has 0 aliphatic carbocycles. The summed E-state index contributed by atoms with van der Waals surface area (Å²) in [5, 5.41) is 0. The lowest BCUT2D eigenvalue weighted by atomic mass is 9.78. The van der Waals surface area contributed by atoms with Crippen LogP contribution in [-0.4, -0.2) is 37.7 Å². The zero-order valence-electron chi connectivity index (χ0n) is 16.2. The number of hydrogen-bond donors (Lipinski definition) is 0. The van der Waals surface area contributed by atoms with Gasteiger partial charge in [-0.25, -0.2) is 0 Å². The largest absolute Gasteiger partial charge is 0.494 e. The molecule has 0 aromatic heterocycles. The van der Waals surface area contributed by atoms with Crippen molar-refractivity contribution in [3.8, 4) is 0 Å². The second-order valence-corrected chi connectivity index (χ2v) is 9.44. The van der Waals surface area contributed by atoms with Gasteiger partial charge in [0.25, 0.3) is 0 Å². The molecule has 1 fully saturated rings. The molecule has 0 bridgehead atoms. The maximum Gasteiger partial charge on any atom is 0.494 e. The van der Waals surface area contributed by atoms with Crippen LogP contribution in [0.25, 0.3) is 0 Å². The lowest BCUT2D eigenvalue weighted by Gasteiger charge is -2.32. The van der Waals surface area contributed by atoms with Crippen LogP contribution in [0.15, 0.2) is 24.3 Å². The van der Waals surface area contributed by atoms with E-state index in [0.717, 1.165) is 11.0 Å². The van der Waals surface area contributed by atoms with Gasteiger partial charge in [0, 0.05) is 0 Å². The first-order valence-corrected chi connectivity index (χ1v) is 10.7. The maximum atomic E-state index is 12.6. The van der Waals surface area contributed by atoms with Gasteiger partial charge in [-0.3, -0.25) is 4.57 Å². The topological polar surface area (TPSA) is 54.0 Å². The molecule has 0 radical (unpaired) electrons. The van der Waals surface area contributed by atoms with E-state index in [-0.39, 0.29) is 11.2 Å². The Balaban J connectivity index is 2.08. The fourth-order valence-electron chi connectivity index (χ4n) is 2.70. The van der Waals surface area contributed by atoms with Crippen LogP contribution >= 0.6 is 7.60 Å². The van der Waals surface area contributed by atoms with Crippen molar-refractivity contribution < 1.29 is 22.9 Å². The van der Waals surface area contributed by atoms with Crippen molar-refractivity contribution in [3.63, 3.8) is 0 Å². The van der Waals surface area contributed by atoms with E-state index in [1.165, 1.54) is 0 Å². The van der Waals surface area contributed by atoms with E-state index in [9.17, 15) is 4.57 Å². The molecule has 1 aromatic carbocycles. The summed E-state index contributed by atoms with van der Waals surface area (Å²) in [6.45, 7) is 12.6. The lowest BCUT2D eigenvalue weighted by Crippen LogP contribution is -2.41. The van der Waals surface area contributed by atoms with Gasteiger partial charge in [-0.05, 0) is 59.0 Å². The van der Waals surface area contributed by atoms with Crippen LogP contribution in [0.1, 0.15) is 47.1 Å². The smallest absolute Gasteiger partial charge is 0.399 e. The van der Waals surface area contributed by atoms with Crippen LogP contribution < -0.4 is 5.46 Å². The average molecular weight is 368 g/mol. The minimum atomic E-state index is -3.03. The van der Waals surface area contributed by atoms with Crippen molar-refractivity contribution in [2.75, 3.05) is 19.4 Å². The van der Waals surface area contributed by atoms with Gasteiger partial charge < -0.3 is 18.4 Å². The van der Waals surface area contributed by atoms with Crippen LogP contribution in [0.5, 0.6) is 0 Å². The van der Waals surface area contributed by atoms with E-state index >= 15 is 0 Å². The van der Waals surface area contributed by atoms with Gasteiger partial charge in [-0.1, -0.05) is 24.3 Å². The fraction of sp³-hybridized carbons (Fsp3) is 0.667. The van der Waals surface area contributed by atoms with Crippen LogP contribution in [0, 0.1) is 0 Å². The summed E-state index contributed by atoms with van der Waals surface area (Å²) in [6.07, 6.45) is 0.978. The van der Waals surface area contributed by atoms with Crippen molar-refractivity contribution in [1.29, 1.82) is 0 Å². The summed E-state index contributed by atoms with van der Waals surface area (Å²) in [4.78, 5) is 0. The summed E-state index contributed by atoms with van der Waals surface area (Å²) in [7, 11) is -3.42. The van der Waals surface area contributed by atoms with Crippen molar-refractivity contribution in [1.82, 2.24) is 0 Å². The second kappa shape index (κ2) is 7.93. The van der Waals surface area contributed by atoms with E-state index in [2.05, 4.69) is 0 Å². The summed E-state index contributed by atoms with van der Waals surface area (Å²) >= 11 is 0. The minimum absolute atomic E-state index is 0.363. The van der Waals surface area contributed by atoms with Crippen LogP contribution in [-0.2, 0) is 29.3 Å². The molecule has 1 aliphatic rings. The molecule has 1 aliphatic heterocycles. The highest BCUT2D eigenvalue weighted by molar-refractivity contribution is 7.53. The number of hydrogen-bond acceptors (Lipinski definition) is 5. The van der Waals surface area contributed by atoms with Crippen molar-refractivity contribution in [2.24, 2.45) is 0 Å². The molecule has 7 heteroatoms. The summed E-state index contributed by atoms with van der Waals surface area (Å²) in [6, 6.07) is 8.03. The predicted octanol–water partition coefficient (Wildman–Crippen LogP) is 3.79. The molecular weight excluding hydrogens is 338 g/mol. The van der Waals surface area contributed by atoms with Crippen LogP contribution in [0.2, 0.25) is 0 Å². The molecule has 1 saturated heterocycles. The normalized spacial score (nSPS) is 19.4. The molecule has 0 amide bonds. The zero-order valence-corrected chi connectivity index (χ0v) is 17.1. The monoisotopic (exact) mass is 368 g/mol. The van der Waals surface area contributed by atoms with Crippen molar-refractivity contribution >= 4 is 20.2 Å². The molecule has 25 heavy (non-hydrogen) atoms. The molecule has 0 spiro atoms. The van der Waals surface area contributed by atoms with Gasteiger partial charge in [0.1, 0.15) is 0 Å². The van der Waals surface area contributed by atoms with Crippen molar-refractivity contribution in [2.45, 2.75) is 59.2 Å². The average Bonchev–Trinajstić information content (AvgIpc) is 2.74. The van der Waals surface area contributed by atoms with Gasteiger partial charge in [-0.2, -0.15) is 0 Å². The first-order chi connectivity index (χ1) is 11.6. The number of rotatable bonds is 8. The fourth-order valence-corrected chi connectivity index (χ4v) is 4.35. The zero-order chi connectivity index (χ0) is 18.7. The Labute approximate surface area is 152 Å². The molecule has 2 rings (SSSR count). The first-order valence-electron chi connectivity index (χ1n) is 8.95. The molecule has 1 heterocycles. The molecule has 1 aromatic rings. The Morgan fingerprint density at radius 2 is 1.60 bits per heavy atom. The Hall–Kier alpha value is -0.645. The van der Waals surface area contributed by atoms with E-state index in [1.807, 2.05) is 65.8 Å². The third-order valence-corrected chi connectivity index (χ3v) is 6.88. The SMILES string of the molecule is CCOP(=O)(CCc1cccc(B2OC(C)(C)C(C)(C)O2)c1)OCC. The molecule has 0 saturated carbocycles. The van der Waals surface area contributed by atoms with Gasteiger partial charge in [0.05, 0.1) is 30.6 Å². The Kier molecular flexibility index (Phi) is 6.56. The van der Waals surface area contributed by atoms with Gasteiger partial charge in [-0.15, -0.1) is 0 Å². The van der Waals surface area contributed by atoms with Gasteiger partial charge >= 0.3 is 14.7 Å². The van der Waals surface area contributed by atoms with E-state index in [1.54, 1.807) is 0 Å². The van der Waals surface area contributed by atoms with Crippen molar-refractivity contribution in [3.05, 3.63) is 29.8 Å². The maximum absolute atomic E-state index is 12.6. The van der Waals surface area contributed by atoms with E-state index < -0.39 is 14.7 Å². The van der Waals surface area contributed by atoms with Gasteiger partial charge in [0.2, 0.25) is 0 Å². The molecule has 0 unspecified atom stereocenters.